The van der Waals surface area contributed by atoms with Crippen LogP contribution in [0.15, 0.2) is 54.7 Å². The van der Waals surface area contributed by atoms with Crippen molar-refractivity contribution in [2.24, 2.45) is 0 Å². The van der Waals surface area contributed by atoms with Gasteiger partial charge in [0.25, 0.3) is 5.91 Å². The van der Waals surface area contributed by atoms with Crippen molar-refractivity contribution in [3.8, 4) is 5.69 Å². The van der Waals surface area contributed by atoms with Crippen molar-refractivity contribution in [3.05, 3.63) is 76.0 Å². The topological polar surface area (TPSA) is 59.0 Å². The Kier molecular flexibility index (Phi) is 5.26. The number of hydrogen-bond acceptors (Lipinski definition) is 3. The predicted octanol–water partition coefficient (Wildman–Crippen LogP) is 4.50. The van der Waals surface area contributed by atoms with Gasteiger partial charge in [0.05, 0.1) is 28.8 Å². The molecule has 0 saturated heterocycles. The molecule has 3 aromatic rings. The van der Waals surface area contributed by atoms with Crippen LogP contribution in [0.3, 0.4) is 0 Å². The van der Waals surface area contributed by atoms with Crippen LogP contribution in [0, 0.1) is 0 Å². The summed E-state index contributed by atoms with van der Waals surface area (Å²) < 4.78 is 1.72. The highest BCUT2D eigenvalue weighted by Crippen LogP contribution is 2.19. The van der Waals surface area contributed by atoms with Crippen LogP contribution in [0.1, 0.15) is 23.0 Å². The number of halogens is 2. The molecule has 0 aliphatic carbocycles. The molecule has 0 unspecified atom stereocenters. The molecule has 0 spiro atoms. The van der Waals surface area contributed by atoms with Crippen molar-refractivity contribution >= 4 is 34.8 Å². The van der Waals surface area contributed by atoms with E-state index in [2.05, 4.69) is 16.0 Å². The molecule has 0 radical (unpaired) electrons. The monoisotopic (exact) mass is 374 g/mol. The lowest BCUT2D eigenvalue weighted by molar-refractivity contribution is 0.0961. The van der Waals surface area contributed by atoms with E-state index in [0.717, 1.165) is 11.4 Å². The molecule has 1 amide bonds. The first-order valence-electron chi connectivity index (χ1n) is 7.73. The number of amides is 1. The predicted molar refractivity (Wildman–Crippen MR) is 100 cm³/mol. The molecule has 0 aliphatic heterocycles. The molecule has 7 heteroatoms. The van der Waals surface area contributed by atoms with E-state index in [1.807, 2.05) is 25.1 Å². The van der Waals surface area contributed by atoms with Crippen LogP contribution in [0.25, 0.3) is 5.69 Å². The average Bonchev–Trinajstić information content (AvgIpc) is 3.04. The van der Waals surface area contributed by atoms with Crippen LogP contribution in [0.4, 0.5) is 5.69 Å². The maximum absolute atomic E-state index is 12.5. The minimum absolute atomic E-state index is 0.273. The number of benzene rings is 2. The van der Waals surface area contributed by atoms with E-state index in [1.54, 1.807) is 41.2 Å². The molecule has 0 aliphatic rings. The number of hydrazine groups is 1. The lowest BCUT2D eigenvalue weighted by atomic mass is 10.2. The van der Waals surface area contributed by atoms with Crippen LogP contribution < -0.4 is 10.9 Å². The van der Waals surface area contributed by atoms with Crippen molar-refractivity contribution in [2.45, 2.75) is 13.3 Å². The number of carbonyl (C=O) groups is 1. The number of nitrogens with zero attached hydrogens (tertiary/aromatic N) is 2. The summed E-state index contributed by atoms with van der Waals surface area (Å²) in [7, 11) is 0. The average molecular weight is 375 g/mol. The minimum atomic E-state index is -0.273. The van der Waals surface area contributed by atoms with Crippen LogP contribution in [0.5, 0.6) is 0 Å². The van der Waals surface area contributed by atoms with Crippen molar-refractivity contribution in [1.82, 2.24) is 15.2 Å². The van der Waals surface area contributed by atoms with E-state index in [0.29, 0.717) is 27.7 Å². The maximum atomic E-state index is 12.5. The van der Waals surface area contributed by atoms with Gasteiger partial charge in [0.1, 0.15) is 0 Å². The summed E-state index contributed by atoms with van der Waals surface area (Å²) in [5, 5.41) is 5.54. The highest BCUT2D eigenvalue weighted by atomic mass is 35.5. The summed E-state index contributed by atoms with van der Waals surface area (Å²) in [6.45, 7) is 1.97. The maximum Gasteiger partial charge on any atom is 0.273 e. The second kappa shape index (κ2) is 7.59. The van der Waals surface area contributed by atoms with Crippen LogP contribution in [-0.2, 0) is 6.42 Å². The van der Waals surface area contributed by atoms with Gasteiger partial charge in [0.2, 0.25) is 0 Å². The van der Waals surface area contributed by atoms with Crippen molar-refractivity contribution < 1.29 is 4.79 Å². The third-order valence-corrected chi connectivity index (χ3v) is 4.12. The summed E-state index contributed by atoms with van der Waals surface area (Å²) in [4.78, 5) is 12.5. The van der Waals surface area contributed by atoms with Gasteiger partial charge in [-0.2, -0.15) is 5.10 Å². The molecule has 0 atom stereocenters. The van der Waals surface area contributed by atoms with Gasteiger partial charge in [-0.1, -0.05) is 42.3 Å². The molecule has 1 heterocycles. The normalized spacial score (nSPS) is 10.5. The van der Waals surface area contributed by atoms with Gasteiger partial charge in [-0.25, -0.2) is 4.68 Å². The second-order valence-electron chi connectivity index (χ2n) is 5.34. The largest absolute Gasteiger partial charge is 0.298 e. The van der Waals surface area contributed by atoms with Gasteiger partial charge in [0.15, 0.2) is 0 Å². The van der Waals surface area contributed by atoms with E-state index in [1.165, 1.54) is 0 Å². The van der Waals surface area contributed by atoms with Crippen molar-refractivity contribution in [2.75, 3.05) is 5.43 Å². The number of anilines is 1. The van der Waals surface area contributed by atoms with E-state index in [9.17, 15) is 4.79 Å². The molecule has 0 bridgehead atoms. The van der Waals surface area contributed by atoms with Gasteiger partial charge >= 0.3 is 0 Å². The van der Waals surface area contributed by atoms with E-state index in [-0.39, 0.29) is 5.91 Å². The molecular formula is C18H16Cl2N4O. The molecule has 3 rings (SSSR count). The molecule has 2 aromatic carbocycles. The number of rotatable bonds is 5. The third-order valence-electron chi connectivity index (χ3n) is 3.65. The molecule has 25 heavy (non-hydrogen) atoms. The molecule has 0 saturated carbocycles. The summed E-state index contributed by atoms with van der Waals surface area (Å²) in [5.41, 5.74) is 8.32. The van der Waals surface area contributed by atoms with Crippen LogP contribution in [-0.4, -0.2) is 15.7 Å². The number of aromatic nitrogens is 2. The third kappa shape index (κ3) is 3.95. The van der Waals surface area contributed by atoms with Gasteiger partial charge in [0, 0.05) is 10.0 Å². The Bertz CT molecular complexity index is 908. The van der Waals surface area contributed by atoms with Crippen molar-refractivity contribution in [3.63, 3.8) is 0 Å². The molecule has 0 fully saturated rings. The first-order valence-corrected chi connectivity index (χ1v) is 8.49. The smallest absolute Gasteiger partial charge is 0.273 e. The van der Waals surface area contributed by atoms with Crippen LogP contribution >= 0.6 is 23.2 Å². The van der Waals surface area contributed by atoms with Crippen LogP contribution in [0.2, 0.25) is 10.0 Å². The fourth-order valence-electron chi connectivity index (χ4n) is 2.50. The molecule has 2 N–H and O–H groups in total. The van der Waals surface area contributed by atoms with E-state index in [4.69, 9.17) is 23.2 Å². The zero-order valence-corrected chi connectivity index (χ0v) is 15.0. The Morgan fingerprint density at radius 1 is 1.12 bits per heavy atom. The quantitative estimate of drug-likeness (QED) is 0.646. The Balaban J connectivity index is 1.81. The molecule has 128 valence electrons. The first-order chi connectivity index (χ1) is 12.1. The summed E-state index contributed by atoms with van der Waals surface area (Å²) in [5.74, 6) is -0.273. The molecule has 5 nitrogen and oxygen atoms in total. The Morgan fingerprint density at radius 2 is 1.84 bits per heavy atom. The summed E-state index contributed by atoms with van der Waals surface area (Å²) in [6.07, 6.45) is 2.20. The Hall–Kier alpha value is -2.50. The second-order valence-corrected chi connectivity index (χ2v) is 6.21. The van der Waals surface area contributed by atoms with Gasteiger partial charge in [-0.05, 0) is 42.8 Å². The summed E-state index contributed by atoms with van der Waals surface area (Å²) in [6, 6.07) is 14.4. The van der Waals surface area contributed by atoms with Crippen molar-refractivity contribution in [1.29, 1.82) is 0 Å². The highest BCUT2D eigenvalue weighted by Gasteiger charge is 2.17. The minimum Gasteiger partial charge on any atom is -0.298 e. The lowest BCUT2D eigenvalue weighted by Gasteiger charge is -2.10. The SMILES string of the molecule is CCc1c(C(=O)NNc2cccc(Cl)c2)cnn1-c1cccc(Cl)c1. The van der Waals surface area contributed by atoms with Gasteiger partial charge in [-0.15, -0.1) is 0 Å². The number of carbonyl (C=O) groups excluding carboxylic acids is 1. The summed E-state index contributed by atoms with van der Waals surface area (Å²) >= 11 is 12.0. The zero-order valence-electron chi connectivity index (χ0n) is 13.5. The van der Waals surface area contributed by atoms with Gasteiger partial charge < -0.3 is 0 Å². The molecular weight excluding hydrogens is 359 g/mol. The zero-order chi connectivity index (χ0) is 17.8. The fraction of sp³-hybridized carbons (Fsp3) is 0.111. The van der Waals surface area contributed by atoms with Gasteiger partial charge in [-0.3, -0.25) is 15.6 Å². The molecule has 1 aromatic heterocycles. The standard InChI is InChI=1S/C18H16Cl2N4O/c1-2-17-16(11-21-24(17)15-8-4-6-13(20)10-15)18(25)23-22-14-7-3-5-12(19)9-14/h3-11,22H,2H2,1H3,(H,23,25). The Morgan fingerprint density at radius 3 is 2.52 bits per heavy atom. The fourth-order valence-corrected chi connectivity index (χ4v) is 2.87. The Labute approximate surface area is 155 Å². The lowest BCUT2D eigenvalue weighted by Crippen LogP contribution is -2.29. The highest BCUT2D eigenvalue weighted by molar-refractivity contribution is 6.31. The van der Waals surface area contributed by atoms with E-state index < -0.39 is 0 Å². The number of hydrogen-bond donors (Lipinski definition) is 2. The number of nitrogens with one attached hydrogen (secondary N) is 2. The van der Waals surface area contributed by atoms with E-state index >= 15 is 0 Å². The first kappa shape index (κ1) is 17.3.